The molecule has 2 N–H and O–H groups in total. The van der Waals surface area contributed by atoms with Gasteiger partial charge in [0, 0.05) is 0 Å². The third-order valence-corrected chi connectivity index (χ3v) is 3.32. The topological polar surface area (TPSA) is 67.0 Å². The van der Waals surface area contributed by atoms with Crippen LogP contribution in [0.4, 0.5) is 5.69 Å². The van der Waals surface area contributed by atoms with Gasteiger partial charge in [-0.05, 0) is 44.9 Å². The van der Waals surface area contributed by atoms with E-state index in [9.17, 15) is 4.79 Å². The van der Waals surface area contributed by atoms with Gasteiger partial charge >= 0.3 is 0 Å². The van der Waals surface area contributed by atoms with E-state index in [0.29, 0.717) is 13.0 Å². The van der Waals surface area contributed by atoms with E-state index in [1.165, 1.54) is 0 Å². The molecule has 0 fully saturated rings. The fourth-order valence-corrected chi connectivity index (χ4v) is 2.05. The largest absolute Gasteiger partial charge is 0.493 e. The smallest absolute Gasteiger partial charge is 0.227 e. The van der Waals surface area contributed by atoms with Gasteiger partial charge in [0.15, 0.2) is 0 Å². The summed E-state index contributed by atoms with van der Waals surface area (Å²) in [5.74, 6) is 0.756. The molecule has 0 saturated heterocycles. The second kappa shape index (κ2) is 6.43. The Morgan fingerprint density at radius 3 is 2.71 bits per heavy atom. The second-order valence-electron chi connectivity index (χ2n) is 5.22. The van der Waals surface area contributed by atoms with Gasteiger partial charge in [-0.2, -0.15) is 5.10 Å². The minimum absolute atomic E-state index is 0.0760. The van der Waals surface area contributed by atoms with Gasteiger partial charge in [-0.15, -0.1) is 0 Å². The quantitative estimate of drug-likeness (QED) is 0.888. The Kier molecular flexibility index (Phi) is 4.62. The van der Waals surface area contributed by atoms with Gasteiger partial charge in [0.2, 0.25) is 5.91 Å². The zero-order valence-corrected chi connectivity index (χ0v) is 12.9. The van der Waals surface area contributed by atoms with Gasteiger partial charge in [0.05, 0.1) is 30.1 Å². The second-order valence-corrected chi connectivity index (χ2v) is 5.22. The van der Waals surface area contributed by atoms with E-state index in [2.05, 4.69) is 15.5 Å². The summed E-state index contributed by atoms with van der Waals surface area (Å²) >= 11 is 0. The number of benzene rings is 1. The van der Waals surface area contributed by atoms with Crippen LogP contribution in [-0.2, 0) is 4.79 Å². The summed E-state index contributed by atoms with van der Waals surface area (Å²) in [7, 11) is 0. The zero-order chi connectivity index (χ0) is 15.4. The lowest BCUT2D eigenvalue weighted by Crippen LogP contribution is -2.16. The Morgan fingerprint density at radius 1 is 1.29 bits per heavy atom. The maximum atomic E-state index is 11.9. The van der Waals surface area contributed by atoms with E-state index in [4.69, 9.17) is 4.74 Å². The van der Waals surface area contributed by atoms with Crippen LogP contribution in [0.3, 0.4) is 0 Å². The standard InChI is InChI=1S/C16H21N3O2/c1-10-5-6-11(2)14(9-10)21-8-7-15(20)17-16-12(3)18-19-13(16)4/h5-6,9H,7-8H2,1-4H3,(H,17,20)(H,18,19). The fraction of sp³-hybridized carbons (Fsp3) is 0.375. The van der Waals surface area contributed by atoms with E-state index in [1.807, 2.05) is 45.9 Å². The van der Waals surface area contributed by atoms with Crippen molar-refractivity contribution in [3.05, 3.63) is 40.7 Å². The average Bonchev–Trinajstić information content (AvgIpc) is 2.74. The third kappa shape index (κ3) is 3.84. The van der Waals surface area contributed by atoms with Crippen LogP contribution in [0.25, 0.3) is 0 Å². The van der Waals surface area contributed by atoms with E-state index in [1.54, 1.807) is 0 Å². The molecule has 2 rings (SSSR count). The number of carbonyl (C=O) groups is 1. The van der Waals surface area contributed by atoms with E-state index < -0.39 is 0 Å². The first-order chi connectivity index (χ1) is 9.97. The molecule has 1 heterocycles. The Bertz CT molecular complexity index is 627. The van der Waals surface area contributed by atoms with Crippen molar-refractivity contribution in [1.29, 1.82) is 0 Å². The summed E-state index contributed by atoms with van der Waals surface area (Å²) in [5.41, 5.74) is 4.62. The van der Waals surface area contributed by atoms with Crippen LogP contribution in [0, 0.1) is 27.7 Å². The zero-order valence-electron chi connectivity index (χ0n) is 12.9. The molecule has 0 aliphatic rings. The van der Waals surface area contributed by atoms with Crippen molar-refractivity contribution >= 4 is 11.6 Å². The monoisotopic (exact) mass is 287 g/mol. The lowest BCUT2D eigenvalue weighted by Gasteiger charge is -2.10. The molecular formula is C16H21N3O2. The summed E-state index contributed by atoms with van der Waals surface area (Å²) in [5, 5.41) is 9.75. The van der Waals surface area contributed by atoms with Crippen molar-refractivity contribution in [2.24, 2.45) is 0 Å². The SMILES string of the molecule is Cc1ccc(C)c(OCCC(=O)Nc2c(C)n[nH]c2C)c1. The molecule has 0 spiro atoms. The Balaban J connectivity index is 1.86. The highest BCUT2D eigenvalue weighted by Gasteiger charge is 2.10. The first-order valence-electron chi connectivity index (χ1n) is 6.99. The first-order valence-corrected chi connectivity index (χ1v) is 6.99. The van der Waals surface area contributed by atoms with Crippen molar-refractivity contribution in [3.63, 3.8) is 0 Å². The van der Waals surface area contributed by atoms with Gasteiger partial charge in [-0.3, -0.25) is 9.89 Å². The van der Waals surface area contributed by atoms with Crippen molar-refractivity contribution in [2.45, 2.75) is 34.1 Å². The Labute approximate surface area is 124 Å². The summed E-state index contributed by atoms with van der Waals surface area (Å²) in [6, 6.07) is 6.04. The Morgan fingerprint density at radius 2 is 2.05 bits per heavy atom. The van der Waals surface area contributed by atoms with E-state index in [-0.39, 0.29) is 5.91 Å². The van der Waals surface area contributed by atoms with Crippen LogP contribution in [0.1, 0.15) is 28.9 Å². The molecule has 1 amide bonds. The molecule has 1 aromatic carbocycles. The third-order valence-electron chi connectivity index (χ3n) is 3.32. The minimum Gasteiger partial charge on any atom is -0.493 e. The number of nitrogens with zero attached hydrogens (tertiary/aromatic N) is 1. The van der Waals surface area contributed by atoms with Crippen LogP contribution < -0.4 is 10.1 Å². The lowest BCUT2D eigenvalue weighted by molar-refractivity contribution is -0.116. The van der Waals surface area contributed by atoms with Crippen LogP contribution in [0.5, 0.6) is 5.75 Å². The summed E-state index contributed by atoms with van der Waals surface area (Å²) in [6.07, 6.45) is 0.303. The number of amides is 1. The first kappa shape index (κ1) is 15.1. The summed E-state index contributed by atoms with van der Waals surface area (Å²) in [6.45, 7) is 8.09. The number of hydrogen-bond donors (Lipinski definition) is 2. The van der Waals surface area contributed by atoms with Crippen molar-refractivity contribution in [3.8, 4) is 5.75 Å². The number of aromatic nitrogens is 2. The highest BCUT2D eigenvalue weighted by atomic mass is 16.5. The maximum absolute atomic E-state index is 11.9. The van der Waals surface area contributed by atoms with Crippen LogP contribution in [0.15, 0.2) is 18.2 Å². The van der Waals surface area contributed by atoms with Gasteiger partial charge < -0.3 is 10.1 Å². The highest BCUT2D eigenvalue weighted by molar-refractivity contribution is 5.91. The summed E-state index contributed by atoms with van der Waals surface area (Å²) < 4.78 is 5.68. The Hall–Kier alpha value is -2.30. The number of H-pyrrole nitrogens is 1. The van der Waals surface area contributed by atoms with Crippen LogP contribution in [-0.4, -0.2) is 22.7 Å². The number of hydrogen-bond acceptors (Lipinski definition) is 3. The van der Waals surface area contributed by atoms with Crippen molar-refractivity contribution < 1.29 is 9.53 Å². The van der Waals surface area contributed by atoms with Gasteiger partial charge in [0.1, 0.15) is 5.75 Å². The number of nitrogens with one attached hydrogen (secondary N) is 2. The van der Waals surface area contributed by atoms with E-state index >= 15 is 0 Å². The predicted molar refractivity (Wildman–Crippen MR) is 82.7 cm³/mol. The molecule has 0 aliphatic carbocycles. The van der Waals surface area contributed by atoms with Gasteiger partial charge in [0.25, 0.3) is 0 Å². The number of aryl methyl sites for hydroxylation is 4. The molecule has 5 nitrogen and oxygen atoms in total. The highest BCUT2D eigenvalue weighted by Crippen LogP contribution is 2.19. The van der Waals surface area contributed by atoms with Crippen molar-refractivity contribution in [2.75, 3.05) is 11.9 Å². The number of carbonyl (C=O) groups excluding carboxylic acids is 1. The van der Waals surface area contributed by atoms with Crippen molar-refractivity contribution in [1.82, 2.24) is 10.2 Å². The molecule has 0 bridgehead atoms. The number of rotatable bonds is 5. The molecule has 5 heteroatoms. The fourth-order valence-electron chi connectivity index (χ4n) is 2.05. The molecule has 112 valence electrons. The van der Waals surface area contributed by atoms with E-state index in [0.717, 1.165) is 34.0 Å². The molecule has 1 aromatic heterocycles. The molecule has 0 saturated carbocycles. The molecule has 21 heavy (non-hydrogen) atoms. The number of ether oxygens (including phenoxy) is 1. The molecular weight excluding hydrogens is 266 g/mol. The molecule has 2 aromatic rings. The van der Waals surface area contributed by atoms with Crippen LogP contribution >= 0.6 is 0 Å². The van der Waals surface area contributed by atoms with Gasteiger partial charge in [-0.25, -0.2) is 0 Å². The molecule has 0 aliphatic heterocycles. The molecule has 0 atom stereocenters. The number of aromatic amines is 1. The maximum Gasteiger partial charge on any atom is 0.227 e. The van der Waals surface area contributed by atoms with Crippen LogP contribution in [0.2, 0.25) is 0 Å². The van der Waals surface area contributed by atoms with Gasteiger partial charge in [-0.1, -0.05) is 12.1 Å². The summed E-state index contributed by atoms with van der Waals surface area (Å²) in [4.78, 5) is 11.9. The molecule has 0 radical (unpaired) electrons. The minimum atomic E-state index is -0.0760. The predicted octanol–water partition coefficient (Wildman–Crippen LogP) is 3.05. The number of anilines is 1. The normalized spacial score (nSPS) is 10.5. The molecule has 0 unspecified atom stereocenters. The average molecular weight is 287 g/mol. The lowest BCUT2D eigenvalue weighted by atomic mass is 10.1.